The molecule has 1 fully saturated rings. The lowest BCUT2D eigenvalue weighted by molar-refractivity contribution is -0.132. The number of hydrogen-bond acceptors (Lipinski definition) is 4. The van der Waals surface area contributed by atoms with Crippen LogP contribution in [-0.4, -0.2) is 69.2 Å². The summed E-state index contributed by atoms with van der Waals surface area (Å²) in [6, 6.07) is 0. The SMILES string of the molecule is CCCCC(=O)N1CCN(S(=O)(=O)CCOC)CC1. The summed E-state index contributed by atoms with van der Waals surface area (Å²) in [6.45, 7) is 4.03. The van der Waals surface area contributed by atoms with Gasteiger partial charge in [0, 0.05) is 39.7 Å². The monoisotopic (exact) mass is 292 g/mol. The van der Waals surface area contributed by atoms with Crippen LogP contribution in [0.3, 0.4) is 0 Å². The number of amides is 1. The van der Waals surface area contributed by atoms with Crippen LogP contribution >= 0.6 is 0 Å². The maximum absolute atomic E-state index is 11.9. The number of hydrogen-bond donors (Lipinski definition) is 0. The van der Waals surface area contributed by atoms with E-state index in [1.54, 1.807) is 4.90 Å². The number of ether oxygens (including phenoxy) is 1. The van der Waals surface area contributed by atoms with Gasteiger partial charge in [-0.3, -0.25) is 4.79 Å². The van der Waals surface area contributed by atoms with Gasteiger partial charge >= 0.3 is 0 Å². The summed E-state index contributed by atoms with van der Waals surface area (Å²) >= 11 is 0. The van der Waals surface area contributed by atoms with Gasteiger partial charge in [0.05, 0.1) is 12.4 Å². The molecule has 0 radical (unpaired) electrons. The normalized spacial score (nSPS) is 17.7. The van der Waals surface area contributed by atoms with Crippen LogP contribution in [-0.2, 0) is 19.6 Å². The first-order valence-corrected chi connectivity index (χ1v) is 8.36. The summed E-state index contributed by atoms with van der Waals surface area (Å²) in [4.78, 5) is 13.6. The number of rotatable bonds is 7. The highest BCUT2D eigenvalue weighted by Crippen LogP contribution is 2.10. The third kappa shape index (κ3) is 5.08. The molecule has 19 heavy (non-hydrogen) atoms. The molecule has 0 atom stereocenters. The van der Waals surface area contributed by atoms with Crippen molar-refractivity contribution in [3.05, 3.63) is 0 Å². The molecular weight excluding hydrogens is 268 g/mol. The number of piperazine rings is 1. The Morgan fingerprint density at radius 2 is 1.84 bits per heavy atom. The fourth-order valence-electron chi connectivity index (χ4n) is 2.02. The van der Waals surface area contributed by atoms with Gasteiger partial charge in [-0.1, -0.05) is 13.3 Å². The largest absolute Gasteiger partial charge is 0.384 e. The van der Waals surface area contributed by atoms with Gasteiger partial charge in [-0.25, -0.2) is 8.42 Å². The van der Waals surface area contributed by atoms with Crippen LogP contribution in [0.1, 0.15) is 26.2 Å². The van der Waals surface area contributed by atoms with E-state index in [-0.39, 0.29) is 18.3 Å². The number of unbranched alkanes of at least 4 members (excludes halogenated alkanes) is 1. The van der Waals surface area contributed by atoms with E-state index in [1.807, 2.05) is 6.92 Å². The summed E-state index contributed by atoms with van der Waals surface area (Å²) < 4.78 is 30.1. The van der Waals surface area contributed by atoms with Crippen LogP contribution in [0.25, 0.3) is 0 Å². The highest BCUT2D eigenvalue weighted by molar-refractivity contribution is 7.89. The van der Waals surface area contributed by atoms with Gasteiger partial charge in [-0.15, -0.1) is 0 Å². The number of nitrogens with zero attached hydrogens (tertiary/aromatic N) is 2. The van der Waals surface area contributed by atoms with Crippen molar-refractivity contribution in [3.8, 4) is 0 Å². The zero-order valence-corrected chi connectivity index (χ0v) is 12.6. The maximum atomic E-state index is 11.9. The van der Waals surface area contributed by atoms with Crippen LogP contribution in [0.15, 0.2) is 0 Å². The number of methoxy groups -OCH3 is 1. The average molecular weight is 292 g/mol. The second-order valence-corrected chi connectivity index (χ2v) is 6.78. The Morgan fingerprint density at radius 1 is 1.21 bits per heavy atom. The Morgan fingerprint density at radius 3 is 2.37 bits per heavy atom. The minimum absolute atomic E-state index is 0.00722. The molecule has 0 aromatic carbocycles. The standard InChI is InChI=1S/C12H24N2O4S/c1-3-4-5-12(15)13-6-8-14(9-7-13)19(16,17)11-10-18-2/h3-11H2,1-2H3. The Balaban J connectivity index is 2.42. The van der Waals surface area contributed by atoms with Crippen molar-refractivity contribution in [1.82, 2.24) is 9.21 Å². The molecule has 7 heteroatoms. The zero-order valence-electron chi connectivity index (χ0n) is 11.8. The minimum Gasteiger partial charge on any atom is -0.384 e. The van der Waals surface area contributed by atoms with Crippen LogP contribution in [0.5, 0.6) is 0 Å². The predicted octanol–water partition coefficient (Wildman–Crippen LogP) is 0.297. The first-order chi connectivity index (χ1) is 9.01. The van der Waals surface area contributed by atoms with Gasteiger partial charge in [0.25, 0.3) is 0 Å². The first kappa shape index (κ1) is 16.4. The van der Waals surface area contributed by atoms with Gasteiger partial charge in [-0.05, 0) is 6.42 Å². The average Bonchev–Trinajstić information content (AvgIpc) is 2.42. The van der Waals surface area contributed by atoms with E-state index in [2.05, 4.69) is 0 Å². The summed E-state index contributed by atoms with van der Waals surface area (Å²) in [5.41, 5.74) is 0. The molecule has 0 aliphatic carbocycles. The fraction of sp³-hybridized carbons (Fsp3) is 0.917. The molecule has 0 N–H and O–H groups in total. The van der Waals surface area contributed by atoms with E-state index in [1.165, 1.54) is 11.4 Å². The Labute approximate surface area is 115 Å². The van der Waals surface area contributed by atoms with Crippen LogP contribution in [0.4, 0.5) is 0 Å². The van der Waals surface area contributed by atoms with Gasteiger partial charge in [0.1, 0.15) is 0 Å². The van der Waals surface area contributed by atoms with Crippen molar-refractivity contribution in [3.63, 3.8) is 0 Å². The lowest BCUT2D eigenvalue weighted by Crippen LogP contribution is -2.51. The number of sulfonamides is 1. The highest BCUT2D eigenvalue weighted by Gasteiger charge is 2.28. The minimum atomic E-state index is -3.24. The molecule has 1 saturated heterocycles. The molecule has 6 nitrogen and oxygen atoms in total. The first-order valence-electron chi connectivity index (χ1n) is 6.75. The number of carbonyl (C=O) groups excluding carboxylic acids is 1. The van der Waals surface area contributed by atoms with Gasteiger partial charge in [0.15, 0.2) is 0 Å². The molecule has 112 valence electrons. The van der Waals surface area contributed by atoms with Gasteiger partial charge in [0.2, 0.25) is 15.9 Å². The molecule has 1 rings (SSSR count). The van der Waals surface area contributed by atoms with E-state index in [0.717, 1.165) is 12.8 Å². The predicted molar refractivity (Wildman–Crippen MR) is 73.3 cm³/mol. The lowest BCUT2D eigenvalue weighted by Gasteiger charge is -2.34. The van der Waals surface area contributed by atoms with Crippen LogP contribution < -0.4 is 0 Å². The van der Waals surface area contributed by atoms with Crippen molar-refractivity contribution in [2.75, 3.05) is 45.6 Å². The lowest BCUT2D eigenvalue weighted by atomic mass is 10.2. The smallest absolute Gasteiger partial charge is 0.222 e. The quantitative estimate of drug-likeness (QED) is 0.677. The van der Waals surface area contributed by atoms with Crippen molar-refractivity contribution in [2.45, 2.75) is 26.2 Å². The van der Waals surface area contributed by atoms with Crippen molar-refractivity contribution in [1.29, 1.82) is 0 Å². The molecule has 1 amide bonds. The highest BCUT2D eigenvalue weighted by atomic mass is 32.2. The summed E-state index contributed by atoms with van der Waals surface area (Å²) in [5.74, 6) is 0.142. The molecule has 1 aliphatic rings. The summed E-state index contributed by atoms with van der Waals surface area (Å²) in [6.07, 6.45) is 2.45. The summed E-state index contributed by atoms with van der Waals surface area (Å²) in [7, 11) is -1.76. The zero-order chi connectivity index (χ0) is 14.3. The van der Waals surface area contributed by atoms with E-state index in [9.17, 15) is 13.2 Å². The van der Waals surface area contributed by atoms with E-state index in [4.69, 9.17) is 4.74 Å². The molecule has 0 aromatic heterocycles. The second kappa shape index (κ2) is 7.81. The third-order valence-corrected chi connectivity index (χ3v) is 5.11. The van der Waals surface area contributed by atoms with Crippen molar-refractivity contribution < 1.29 is 17.9 Å². The van der Waals surface area contributed by atoms with Gasteiger partial charge < -0.3 is 9.64 Å². The van der Waals surface area contributed by atoms with E-state index < -0.39 is 10.0 Å². The molecule has 0 spiro atoms. The molecule has 1 heterocycles. The Hall–Kier alpha value is -0.660. The third-order valence-electron chi connectivity index (χ3n) is 3.27. The van der Waals surface area contributed by atoms with Crippen LogP contribution in [0, 0.1) is 0 Å². The molecule has 0 unspecified atom stereocenters. The second-order valence-electron chi connectivity index (χ2n) is 4.69. The van der Waals surface area contributed by atoms with Crippen LogP contribution in [0.2, 0.25) is 0 Å². The fourth-order valence-corrected chi connectivity index (χ4v) is 3.37. The molecule has 1 aliphatic heterocycles. The van der Waals surface area contributed by atoms with E-state index in [0.29, 0.717) is 32.6 Å². The topological polar surface area (TPSA) is 66.9 Å². The number of carbonyl (C=O) groups is 1. The van der Waals surface area contributed by atoms with Crippen molar-refractivity contribution >= 4 is 15.9 Å². The summed E-state index contributed by atoms with van der Waals surface area (Å²) in [5, 5.41) is 0. The molecule has 0 aromatic rings. The molecule has 0 saturated carbocycles. The Bertz CT molecular complexity index is 375. The van der Waals surface area contributed by atoms with Gasteiger partial charge in [-0.2, -0.15) is 4.31 Å². The molecule has 0 bridgehead atoms. The maximum Gasteiger partial charge on any atom is 0.222 e. The van der Waals surface area contributed by atoms with E-state index >= 15 is 0 Å². The molecular formula is C12H24N2O4S. The Kier molecular flexibility index (Phi) is 6.74. The van der Waals surface area contributed by atoms with Crippen molar-refractivity contribution in [2.24, 2.45) is 0 Å².